The van der Waals surface area contributed by atoms with Gasteiger partial charge >= 0.3 is 0 Å². The summed E-state index contributed by atoms with van der Waals surface area (Å²) < 4.78 is 11.1. The van der Waals surface area contributed by atoms with E-state index in [9.17, 15) is 0 Å². The van der Waals surface area contributed by atoms with Crippen LogP contribution in [0.3, 0.4) is 0 Å². The van der Waals surface area contributed by atoms with Crippen LogP contribution in [0.15, 0.2) is 16.8 Å². The molecule has 3 nitrogen and oxygen atoms in total. The van der Waals surface area contributed by atoms with Gasteiger partial charge in [-0.1, -0.05) is 0 Å². The van der Waals surface area contributed by atoms with Crippen LogP contribution in [0.1, 0.15) is 18.9 Å². The summed E-state index contributed by atoms with van der Waals surface area (Å²) in [5, 5.41) is 7.88. The Morgan fingerprint density at radius 2 is 2.41 bits per heavy atom. The molecule has 4 heteroatoms. The molecule has 1 heterocycles. The van der Waals surface area contributed by atoms with E-state index in [0.29, 0.717) is 6.04 Å². The van der Waals surface area contributed by atoms with Crippen molar-refractivity contribution in [2.75, 3.05) is 20.3 Å². The molecule has 1 N–H and O–H groups in total. The Hall–Kier alpha value is -0.420. The lowest BCUT2D eigenvalue weighted by Gasteiger charge is -2.43. The smallest absolute Gasteiger partial charge is 0.0986 e. The molecule has 1 aliphatic carbocycles. The van der Waals surface area contributed by atoms with Crippen molar-refractivity contribution < 1.29 is 9.47 Å². The second-order valence-corrected chi connectivity index (χ2v) is 5.15. The lowest BCUT2D eigenvalue weighted by molar-refractivity contribution is -0.131. The van der Waals surface area contributed by atoms with E-state index in [1.807, 2.05) is 6.92 Å². The fourth-order valence-corrected chi connectivity index (χ4v) is 3.01. The third-order valence-corrected chi connectivity index (χ3v) is 4.03. The van der Waals surface area contributed by atoms with E-state index in [4.69, 9.17) is 9.47 Å². The summed E-state index contributed by atoms with van der Waals surface area (Å²) in [7, 11) is 1.77. The molecule has 3 unspecified atom stereocenters. The number of hydrogen-bond donors (Lipinski definition) is 1. The van der Waals surface area contributed by atoms with Crippen LogP contribution >= 0.6 is 11.3 Å². The Labute approximate surface area is 107 Å². The van der Waals surface area contributed by atoms with Gasteiger partial charge in [0.2, 0.25) is 0 Å². The second kappa shape index (κ2) is 6.50. The lowest BCUT2D eigenvalue weighted by Crippen LogP contribution is -2.60. The zero-order chi connectivity index (χ0) is 12.1. The summed E-state index contributed by atoms with van der Waals surface area (Å²) >= 11 is 1.76. The average molecular weight is 255 g/mol. The monoisotopic (exact) mass is 255 g/mol. The SMILES string of the molecule is CCOC1CC(NCCc2ccsc2)C1OC. The van der Waals surface area contributed by atoms with Gasteiger partial charge in [-0.3, -0.25) is 0 Å². The van der Waals surface area contributed by atoms with Gasteiger partial charge in [-0.25, -0.2) is 0 Å². The summed E-state index contributed by atoms with van der Waals surface area (Å²) in [6.07, 6.45) is 2.66. The van der Waals surface area contributed by atoms with Gasteiger partial charge in [0.1, 0.15) is 0 Å². The summed E-state index contributed by atoms with van der Waals surface area (Å²) in [5.74, 6) is 0. The van der Waals surface area contributed by atoms with Crippen molar-refractivity contribution in [3.8, 4) is 0 Å². The third kappa shape index (κ3) is 3.28. The first-order chi connectivity index (χ1) is 8.35. The summed E-state index contributed by atoms with van der Waals surface area (Å²) in [5.41, 5.74) is 1.41. The minimum atomic E-state index is 0.220. The van der Waals surface area contributed by atoms with Gasteiger partial charge in [-0.2, -0.15) is 11.3 Å². The quantitative estimate of drug-likeness (QED) is 0.809. The van der Waals surface area contributed by atoms with Crippen molar-refractivity contribution in [3.63, 3.8) is 0 Å². The van der Waals surface area contributed by atoms with E-state index in [1.165, 1.54) is 5.56 Å². The molecule has 2 rings (SSSR count). The maximum Gasteiger partial charge on any atom is 0.0986 e. The molecule has 1 fully saturated rings. The van der Waals surface area contributed by atoms with Crippen LogP contribution in [-0.2, 0) is 15.9 Å². The molecule has 0 spiro atoms. The molecule has 1 aliphatic rings. The Balaban J connectivity index is 1.66. The lowest BCUT2D eigenvalue weighted by atomic mass is 9.85. The highest BCUT2D eigenvalue weighted by atomic mass is 32.1. The van der Waals surface area contributed by atoms with Crippen LogP contribution in [0.5, 0.6) is 0 Å². The average Bonchev–Trinajstić information content (AvgIpc) is 2.80. The van der Waals surface area contributed by atoms with Crippen LogP contribution in [0.2, 0.25) is 0 Å². The van der Waals surface area contributed by atoms with Gasteiger partial charge < -0.3 is 14.8 Å². The Morgan fingerprint density at radius 1 is 1.53 bits per heavy atom. The van der Waals surface area contributed by atoms with Gasteiger partial charge in [0.05, 0.1) is 12.2 Å². The van der Waals surface area contributed by atoms with Crippen molar-refractivity contribution in [2.24, 2.45) is 0 Å². The number of methoxy groups -OCH3 is 1. The topological polar surface area (TPSA) is 30.5 Å². The molecule has 96 valence electrons. The minimum Gasteiger partial charge on any atom is -0.377 e. The van der Waals surface area contributed by atoms with Crippen molar-refractivity contribution in [2.45, 2.75) is 38.0 Å². The maximum absolute atomic E-state index is 5.60. The van der Waals surface area contributed by atoms with E-state index >= 15 is 0 Å². The molecular weight excluding hydrogens is 234 g/mol. The Kier molecular flexibility index (Phi) is 4.98. The zero-order valence-electron chi connectivity index (χ0n) is 10.5. The Morgan fingerprint density at radius 3 is 3.06 bits per heavy atom. The van der Waals surface area contributed by atoms with Gasteiger partial charge in [-0.15, -0.1) is 0 Å². The van der Waals surface area contributed by atoms with Crippen LogP contribution in [0, 0.1) is 0 Å². The molecule has 0 bridgehead atoms. The molecule has 1 saturated carbocycles. The summed E-state index contributed by atoms with van der Waals surface area (Å²) in [4.78, 5) is 0. The standard InChI is InChI=1S/C13H21NO2S/c1-3-16-12-8-11(13(12)15-2)14-6-4-10-5-7-17-9-10/h5,7,9,11-14H,3-4,6,8H2,1-2H3. The first kappa shape index (κ1) is 13.0. The zero-order valence-corrected chi connectivity index (χ0v) is 11.3. The second-order valence-electron chi connectivity index (χ2n) is 4.37. The Bertz CT molecular complexity index is 315. The van der Waals surface area contributed by atoms with Gasteiger partial charge in [0, 0.05) is 19.8 Å². The van der Waals surface area contributed by atoms with Crippen molar-refractivity contribution in [1.82, 2.24) is 5.32 Å². The van der Waals surface area contributed by atoms with Crippen LogP contribution in [-0.4, -0.2) is 38.5 Å². The first-order valence-corrected chi connectivity index (χ1v) is 7.18. The molecule has 1 aromatic heterocycles. The van der Waals surface area contributed by atoms with E-state index < -0.39 is 0 Å². The van der Waals surface area contributed by atoms with E-state index in [-0.39, 0.29) is 12.2 Å². The van der Waals surface area contributed by atoms with Crippen molar-refractivity contribution >= 4 is 11.3 Å². The van der Waals surface area contributed by atoms with E-state index in [0.717, 1.165) is 26.0 Å². The molecule has 1 aromatic rings. The minimum absolute atomic E-state index is 0.220. The summed E-state index contributed by atoms with van der Waals surface area (Å²) in [6.45, 7) is 3.82. The highest BCUT2D eigenvalue weighted by molar-refractivity contribution is 7.07. The molecule has 0 aliphatic heterocycles. The predicted molar refractivity (Wildman–Crippen MR) is 70.6 cm³/mol. The molecule has 0 amide bonds. The highest BCUT2D eigenvalue weighted by Crippen LogP contribution is 2.26. The largest absolute Gasteiger partial charge is 0.377 e. The maximum atomic E-state index is 5.60. The molecule has 0 saturated heterocycles. The van der Waals surface area contributed by atoms with Crippen molar-refractivity contribution in [1.29, 1.82) is 0 Å². The predicted octanol–water partition coefficient (Wildman–Crippen LogP) is 2.07. The number of hydrogen-bond acceptors (Lipinski definition) is 4. The fourth-order valence-electron chi connectivity index (χ4n) is 2.31. The normalized spacial score (nSPS) is 28.0. The van der Waals surface area contributed by atoms with Crippen molar-refractivity contribution in [3.05, 3.63) is 22.4 Å². The number of nitrogens with one attached hydrogen (secondary N) is 1. The van der Waals surface area contributed by atoms with E-state index in [1.54, 1.807) is 18.4 Å². The number of thiophene rings is 1. The van der Waals surface area contributed by atoms with Gasteiger partial charge in [0.25, 0.3) is 0 Å². The molecule has 0 radical (unpaired) electrons. The van der Waals surface area contributed by atoms with Crippen LogP contribution in [0.4, 0.5) is 0 Å². The highest BCUT2D eigenvalue weighted by Gasteiger charge is 2.41. The van der Waals surface area contributed by atoms with Crippen LogP contribution in [0.25, 0.3) is 0 Å². The third-order valence-electron chi connectivity index (χ3n) is 3.30. The van der Waals surface area contributed by atoms with Gasteiger partial charge in [-0.05, 0) is 48.7 Å². The molecule has 3 atom stereocenters. The number of ether oxygens (including phenoxy) is 2. The first-order valence-electron chi connectivity index (χ1n) is 6.24. The van der Waals surface area contributed by atoms with Crippen LogP contribution < -0.4 is 5.32 Å². The summed E-state index contributed by atoms with van der Waals surface area (Å²) in [6, 6.07) is 2.64. The molecule has 17 heavy (non-hydrogen) atoms. The number of rotatable bonds is 7. The fraction of sp³-hybridized carbons (Fsp3) is 0.692. The van der Waals surface area contributed by atoms with E-state index in [2.05, 4.69) is 22.1 Å². The molecule has 0 aromatic carbocycles. The molecular formula is C13H21NO2S. The van der Waals surface area contributed by atoms with Gasteiger partial charge in [0.15, 0.2) is 0 Å².